The lowest BCUT2D eigenvalue weighted by atomic mass is 10.00. The number of nitrogens with zero attached hydrogens (tertiary/aromatic N) is 3. The predicted molar refractivity (Wildman–Crippen MR) is 231 cm³/mol. The van der Waals surface area contributed by atoms with Gasteiger partial charge in [0.15, 0.2) is 5.82 Å². The van der Waals surface area contributed by atoms with Crippen molar-refractivity contribution in [2.24, 2.45) is 0 Å². The number of benzene rings is 2. The summed E-state index contributed by atoms with van der Waals surface area (Å²) in [4.78, 5) is 14.6. The van der Waals surface area contributed by atoms with E-state index in [4.69, 9.17) is 9.97 Å². The molecule has 0 aliphatic carbocycles. The zero-order valence-electron chi connectivity index (χ0n) is 31.9. The molecular weight excluding hydrogens is 643 g/mol. The summed E-state index contributed by atoms with van der Waals surface area (Å²) in [7, 11) is 0. The Bertz CT molecular complexity index is 2130. The molecule has 0 amide bonds. The van der Waals surface area contributed by atoms with E-state index in [1.54, 1.807) is 12.3 Å². The molecule has 2 aromatic carbocycles. The molecule has 0 unspecified atom stereocenters. The van der Waals surface area contributed by atoms with Crippen molar-refractivity contribution in [2.45, 2.75) is 47.5 Å². The van der Waals surface area contributed by atoms with Gasteiger partial charge in [0.2, 0.25) is 0 Å². The van der Waals surface area contributed by atoms with Crippen molar-refractivity contribution in [3.05, 3.63) is 212 Å². The maximum absolute atomic E-state index is 5.15. The van der Waals surface area contributed by atoms with Crippen LogP contribution in [0.3, 0.4) is 0 Å². The van der Waals surface area contributed by atoms with Gasteiger partial charge in [-0.2, -0.15) is 0 Å². The number of hydrogen-bond donors (Lipinski definition) is 0. The molecule has 0 spiro atoms. The third-order valence-corrected chi connectivity index (χ3v) is 8.53. The van der Waals surface area contributed by atoms with Gasteiger partial charge in [-0.15, -0.1) is 0 Å². The van der Waals surface area contributed by atoms with E-state index >= 15 is 0 Å². The van der Waals surface area contributed by atoms with E-state index in [1.165, 1.54) is 11.1 Å². The van der Waals surface area contributed by atoms with Gasteiger partial charge in [-0.3, -0.25) is 4.98 Å². The molecule has 3 nitrogen and oxygen atoms in total. The second kappa shape index (κ2) is 20.6. The van der Waals surface area contributed by atoms with Gasteiger partial charge in [0.1, 0.15) is 0 Å². The van der Waals surface area contributed by atoms with Crippen molar-refractivity contribution in [1.29, 1.82) is 0 Å². The first-order valence-electron chi connectivity index (χ1n) is 18.1. The first-order chi connectivity index (χ1) is 25.7. The van der Waals surface area contributed by atoms with E-state index in [0.29, 0.717) is 5.82 Å². The van der Waals surface area contributed by atoms with Crippen LogP contribution in [0, 0.1) is 0 Å². The summed E-state index contributed by atoms with van der Waals surface area (Å²) < 4.78 is 0. The van der Waals surface area contributed by atoms with Crippen molar-refractivity contribution in [1.82, 2.24) is 15.0 Å². The fourth-order valence-electron chi connectivity index (χ4n) is 5.38. The van der Waals surface area contributed by atoms with E-state index in [-0.39, 0.29) is 0 Å². The standard InChI is InChI=1S/C50H51N3/c1-9-12-20-46(24-22-38(6)19-15-13-14-18-37(4)5)50-52-48(35-49(53-50)45-32-28-43(29-33-45)47-21-16-34-51-36-47)44-30-26-42(27-31-44)40(8)23-25-41(17-10-2)39(7)11-3/h9-10,12-21,23-36H,1,4,7,11,22H2,2-3,5-6,8H3/b15-13-,17-10-,18-14-,20-12-,38-19-,40-23+,41-25-,46-24+. The van der Waals surface area contributed by atoms with Crippen LogP contribution in [-0.4, -0.2) is 15.0 Å². The molecule has 0 bridgehead atoms. The van der Waals surface area contributed by atoms with Crippen LogP contribution in [0.5, 0.6) is 0 Å². The van der Waals surface area contributed by atoms with Gasteiger partial charge in [-0.1, -0.05) is 171 Å². The first kappa shape index (κ1) is 39.6. The summed E-state index contributed by atoms with van der Waals surface area (Å²) in [6, 6.07) is 23.1. The molecule has 0 atom stereocenters. The minimum Gasteiger partial charge on any atom is -0.264 e. The van der Waals surface area contributed by atoms with Crippen LogP contribution < -0.4 is 0 Å². The molecule has 0 aliphatic heterocycles. The zero-order chi connectivity index (χ0) is 38.0. The number of rotatable bonds is 16. The number of allylic oxidation sites excluding steroid dienone is 19. The molecule has 2 heterocycles. The minimum atomic E-state index is 0.651. The lowest BCUT2D eigenvalue weighted by Gasteiger charge is -2.11. The van der Waals surface area contributed by atoms with Gasteiger partial charge in [0.05, 0.1) is 11.4 Å². The lowest BCUT2D eigenvalue weighted by molar-refractivity contribution is 1.12. The number of aromatic nitrogens is 3. The molecule has 0 saturated carbocycles. The lowest BCUT2D eigenvalue weighted by Crippen LogP contribution is -1.99. The van der Waals surface area contributed by atoms with E-state index in [1.807, 2.05) is 62.6 Å². The van der Waals surface area contributed by atoms with Crippen LogP contribution in [0.25, 0.3) is 44.8 Å². The predicted octanol–water partition coefficient (Wildman–Crippen LogP) is 13.9. The van der Waals surface area contributed by atoms with Crippen LogP contribution in [0.4, 0.5) is 0 Å². The molecule has 0 fully saturated rings. The average molecular weight is 694 g/mol. The quantitative estimate of drug-likeness (QED) is 0.110. The van der Waals surface area contributed by atoms with Crippen molar-refractivity contribution in [3.8, 4) is 33.6 Å². The Morgan fingerprint density at radius 3 is 2.00 bits per heavy atom. The second-order valence-electron chi connectivity index (χ2n) is 12.8. The Hall–Kier alpha value is -6.19. The smallest absolute Gasteiger partial charge is 0.160 e. The van der Waals surface area contributed by atoms with E-state index in [9.17, 15) is 0 Å². The maximum Gasteiger partial charge on any atom is 0.160 e. The molecule has 266 valence electrons. The second-order valence-corrected chi connectivity index (χ2v) is 12.8. The number of hydrogen-bond acceptors (Lipinski definition) is 3. The van der Waals surface area contributed by atoms with Crippen LogP contribution in [0.15, 0.2) is 200 Å². The number of pyridine rings is 1. The van der Waals surface area contributed by atoms with E-state index < -0.39 is 0 Å². The highest BCUT2D eigenvalue weighted by Crippen LogP contribution is 2.30. The Morgan fingerprint density at radius 1 is 0.717 bits per heavy atom. The molecule has 4 rings (SSSR count). The molecule has 0 N–H and O–H groups in total. The zero-order valence-corrected chi connectivity index (χ0v) is 31.9. The summed E-state index contributed by atoms with van der Waals surface area (Å²) in [5.41, 5.74) is 13.6. The van der Waals surface area contributed by atoms with Crippen molar-refractivity contribution in [2.75, 3.05) is 0 Å². The SMILES string of the molecule is C=C/C=C\C(=C/C\C(C)=C/C=C\C=C/C(=C)C)c1nc(-c2ccc(/C(C)=C/C=C(/C=C\C)C(=C)CC)cc2)cc(-c2ccc(-c3cccnc3)cc2)n1. The normalized spacial score (nSPS) is 13.2. The highest BCUT2D eigenvalue weighted by molar-refractivity contribution is 5.77. The van der Waals surface area contributed by atoms with Gasteiger partial charge in [-0.25, -0.2) is 9.97 Å². The molecule has 0 radical (unpaired) electrons. The molecule has 3 heteroatoms. The van der Waals surface area contributed by atoms with Gasteiger partial charge < -0.3 is 0 Å². The summed E-state index contributed by atoms with van der Waals surface area (Å²) in [5, 5.41) is 0. The van der Waals surface area contributed by atoms with E-state index in [0.717, 1.165) is 74.3 Å². The van der Waals surface area contributed by atoms with Gasteiger partial charge in [-0.05, 0) is 86.1 Å². The molecule has 0 saturated heterocycles. The third-order valence-electron chi connectivity index (χ3n) is 8.53. The molecule has 0 aliphatic rings. The highest BCUT2D eigenvalue weighted by atomic mass is 14.9. The third kappa shape index (κ3) is 12.2. The Morgan fingerprint density at radius 2 is 1.40 bits per heavy atom. The Labute approximate surface area is 317 Å². The highest BCUT2D eigenvalue weighted by Gasteiger charge is 2.12. The van der Waals surface area contributed by atoms with Gasteiger partial charge >= 0.3 is 0 Å². The molecule has 53 heavy (non-hydrogen) atoms. The fourth-order valence-corrected chi connectivity index (χ4v) is 5.38. The Kier molecular flexibility index (Phi) is 15.4. The molecule has 2 aromatic heterocycles. The minimum absolute atomic E-state index is 0.651. The monoisotopic (exact) mass is 693 g/mol. The largest absolute Gasteiger partial charge is 0.264 e. The summed E-state index contributed by atoms with van der Waals surface area (Å²) >= 11 is 0. The van der Waals surface area contributed by atoms with Crippen LogP contribution >= 0.6 is 0 Å². The van der Waals surface area contributed by atoms with Gasteiger partial charge in [0, 0.05) is 29.1 Å². The molecular formula is C50H51N3. The molecule has 4 aromatic rings. The van der Waals surface area contributed by atoms with Crippen molar-refractivity contribution >= 4 is 11.1 Å². The summed E-state index contributed by atoms with van der Waals surface area (Å²) in [6.07, 6.45) is 31.9. The van der Waals surface area contributed by atoms with Crippen LogP contribution in [-0.2, 0) is 0 Å². The van der Waals surface area contributed by atoms with Crippen molar-refractivity contribution < 1.29 is 0 Å². The fraction of sp³-hybridized carbons (Fsp3) is 0.140. The van der Waals surface area contributed by atoms with Crippen LogP contribution in [0.1, 0.15) is 58.8 Å². The average Bonchev–Trinajstić information content (AvgIpc) is 3.19. The Balaban J connectivity index is 1.77. The maximum atomic E-state index is 5.15. The van der Waals surface area contributed by atoms with Crippen molar-refractivity contribution in [3.63, 3.8) is 0 Å². The van der Waals surface area contributed by atoms with Gasteiger partial charge in [0.25, 0.3) is 0 Å². The first-order valence-corrected chi connectivity index (χ1v) is 18.1. The summed E-state index contributed by atoms with van der Waals surface area (Å²) in [5.74, 6) is 0.651. The van der Waals surface area contributed by atoms with E-state index in [2.05, 4.69) is 143 Å². The summed E-state index contributed by atoms with van der Waals surface area (Å²) in [6.45, 7) is 22.5. The van der Waals surface area contributed by atoms with Crippen LogP contribution in [0.2, 0.25) is 0 Å². The topological polar surface area (TPSA) is 38.7 Å².